The molecule has 0 unspecified atom stereocenters. The molecule has 0 amide bonds. The van der Waals surface area contributed by atoms with Crippen LogP contribution in [0.25, 0.3) is 0 Å². The molecule has 0 atom stereocenters. The quantitative estimate of drug-likeness (QED) is 0.767. The van der Waals surface area contributed by atoms with Crippen LogP contribution >= 0.6 is 0 Å². The molecule has 1 aliphatic rings. The van der Waals surface area contributed by atoms with Gasteiger partial charge in [0.05, 0.1) is 6.54 Å². The first-order valence-corrected chi connectivity index (χ1v) is 9.77. The van der Waals surface area contributed by atoms with E-state index in [-0.39, 0.29) is 0 Å². The highest BCUT2D eigenvalue weighted by Gasteiger charge is 2.13. The highest BCUT2D eigenvalue weighted by atomic mass is 15.3. The van der Waals surface area contributed by atoms with E-state index in [1.54, 1.807) is 0 Å². The molecule has 3 rings (SSSR count). The number of nitrogens with zero attached hydrogens (tertiary/aromatic N) is 2. The molecular weight excluding hydrogens is 320 g/mol. The van der Waals surface area contributed by atoms with Crippen LogP contribution in [-0.2, 0) is 6.54 Å². The van der Waals surface area contributed by atoms with Crippen molar-refractivity contribution in [2.75, 3.05) is 18.4 Å². The normalized spacial score (nSPS) is 15.2. The van der Waals surface area contributed by atoms with Gasteiger partial charge in [-0.15, -0.1) is 0 Å². The van der Waals surface area contributed by atoms with Gasteiger partial charge in [-0.25, -0.2) is 0 Å². The molecular formula is C22H32N4. The van der Waals surface area contributed by atoms with E-state index in [9.17, 15) is 0 Å². The summed E-state index contributed by atoms with van der Waals surface area (Å²) in [4.78, 5) is 0. The molecule has 4 heteroatoms. The third kappa shape index (κ3) is 4.98. The van der Waals surface area contributed by atoms with E-state index < -0.39 is 0 Å². The van der Waals surface area contributed by atoms with E-state index >= 15 is 0 Å². The van der Waals surface area contributed by atoms with Gasteiger partial charge in [0, 0.05) is 17.5 Å². The smallest absolute Gasteiger partial charge is 0.152 e. The van der Waals surface area contributed by atoms with Crippen molar-refractivity contribution in [1.29, 1.82) is 0 Å². The summed E-state index contributed by atoms with van der Waals surface area (Å²) < 4.78 is 2.07. The van der Waals surface area contributed by atoms with Crippen LogP contribution in [0.3, 0.4) is 0 Å². The van der Waals surface area contributed by atoms with E-state index in [4.69, 9.17) is 5.10 Å². The zero-order chi connectivity index (χ0) is 18.5. The molecule has 1 aliphatic heterocycles. The van der Waals surface area contributed by atoms with E-state index in [1.807, 2.05) is 0 Å². The Bertz CT molecular complexity index is 753. The molecule has 140 valence electrons. The summed E-state index contributed by atoms with van der Waals surface area (Å²) in [5.74, 6) is 1.74. The second-order valence-corrected chi connectivity index (χ2v) is 7.72. The van der Waals surface area contributed by atoms with Gasteiger partial charge in [0.15, 0.2) is 5.82 Å². The monoisotopic (exact) mass is 352 g/mol. The van der Waals surface area contributed by atoms with Gasteiger partial charge in [0.2, 0.25) is 0 Å². The Labute approximate surface area is 157 Å². The Hall–Kier alpha value is -2.07. The fourth-order valence-electron chi connectivity index (χ4n) is 3.66. The van der Waals surface area contributed by atoms with Crippen molar-refractivity contribution in [2.45, 2.75) is 53.0 Å². The molecule has 0 bridgehead atoms. The standard InChI is InChI=1S/C22H32N4/c1-16-5-6-17(2)21(13-16)15-26-19(4)14-22(25-26)24-18(3)7-8-20-9-11-23-12-10-20/h5-6,13-14,20,23H,3,7-12,15H2,1-2,4H3,(H,24,25). The first kappa shape index (κ1) is 18.7. The maximum atomic E-state index is 4.75. The number of allylic oxidation sites excluding steroid dienone is 1. The lowest BCUT2D eigenvalue weighted by molar-refractivity contribution is 0.354. The van der Waals surface area contributed by atoms with Crippen LogP contribution in [0.15, 0.2) is 36.5 Å². The van der Waals surface area contributed by atoms with Gasteiger partial charge in [-0.3, -0.25) is 4.68 Å². The lowest BCUT2D eigenvalue weighted by Crippen LogP contribution is -2.27. The van der Waals surface area contributed by atoms with Crippen LogP contribution in [0.5, 0.6) is 0 Å². The number of hydrogen-bond donors (Lipinski definition) is 2. The Morgan fingerprint density at radius 2 is 2.00 bits per heavy atom. The minimum Gasteiger partial charge on any atom is -0.343 e. The third-order valence-electron chi connectivity index (χ3n) is 5.42. The average Bonchev–Trinajstić information content (AvgIpc) is 2.96. The van der Waals surface area contributed by atoms with Crippen LogP contribution in [-0.4, -0.2) is 22.9 Å². The number of aromatic nitrogens is 2. The molecule has 0 saturated carbocycles. The minimum atomic E-state index is 0.808. The van der Waals surface area contributed by atoms with Crippen molar-refractivity contribution in [3.8, 4) is 0 Å². The van der Waals surface area contributed by atoms with Crippen LogP contribution < -0.4 is 10.6 Å². The van der Waals surface area contributed by atoms with Crippen molar-refractivity contribution in [3.63, 3.8) is 0 Å². The maximum absolute atomic E-state index is 4.75. The van der Waals surface area contributed by atoms with Crippen molar-refractivity contribution in [2.24, 2.45) is 5.92 Å². The van der Waals surface area contributed by atoms with Crippen molar-refractivity contribution >= 4 is 5.82 Å². The Balaban J connectivity index is 1.57. The molecule has 1 fully saturated rings. The molecule has 2 aromatic rings. The number of nitrogens with one attached hydrogen (secondary N) is 2. The number of rotatable bonds is 7. The topological polar surface area (TPSA) is 41.9 Å². The molecule has 2 heterocycles. The summed E-state index contributed by atoms with van der Waals surface area (Å²) in [5.41, 5.74) is 6.17. The van der Waals surface area contributed by atoms with Crippen molar-refractivity contribution in [1.82, 2.24) is 15.1 Å². The first-order chi connectivity index (χ1) is 12.5. The zero-order valence-corrected chi connectivity index (χ0v) is 16.4. The zero-order valence-electron chi connectivity index (χ0n) is 16.4. The van der Waals surface area contributed by atoms with Crippen LogP contribution in [0.2, 0.25) is 0 Å². The van der Waals surface area contributed by atoms with E-state index in [2.05, 4.69) is 66.9 Å². The number of aryl methyl sites for hydroxylation is 3. The van der Waals surface area contributed by atoms with Crippen LogP contribution in [0.1, 0.15) is 48.1 Å². The summed E-state index contributed by atoms with van der Waals surface area (Å²) in [6.07, 6.45) is 4.82. The summed E-state index contributed by atoms with van der Waals surface area (Å²) in [7, 11) is 0. The van der Waals surface area contributed by atoms with Crippen LogP contribution in [0.4, 0.5) is 5.82 Å². The number of piperidine rings is 1. The Morgan fingerprint density at radius 1 is 1.23 bits per heavy atom. The molecule has 1 saturated heterocycles. The van der Waals surface area contributed by atoms with E-state index in [0.717, 1.165) is 43.5 Å². The Kier molecular flexibility index (Phi) is 6.15. The fourth-order valence-corrected chi connectivity index (χ4v) is 3.66. The fraction of sp³-hybridized carbons (Fsp3) is 0.500. The number of anilines is 1. The summed E-state index contributed by atoms with van der Waals surface area (Å²) in [6.45, 7) is 13.7. The molecule has 0 radical (unpaired) electrons. The second kappa shape index (κ2) is 8.54. The summed E-state index contributed by atoms with van der Waals surface area (Å²) in [5, 5.41) is 11.6. The summed E-state index contributed by atoms with van der Waals surface area (Å²) >= 11 is 0. The molecule has 2 N–H and O–H groups in total. The van der Waals surface area contributed by atoms with Gasteiger partial charge in [-0.05, 0) is 76.6 Å². The van der Waals surface area contributed by atoms with Gasteiger partial charge in [-0.2, -0.15) is 5.10 Å². The van der Waals surface area contributed by atoms with Gasteiger partial charge in [0.1, 0.15) is 0 Å². The van der Waals surface area contributed by atoms with Crippen LogP contribution in [0, 0.1) is 26.7 Å². The molecule has 1 aromatic carbocycles. The SMILES string of the molecule is C=C(CCC1CCNCC1)Nc1cc(C)n(Cc2cc(C)ccc2C)n1. The Morgan fingerprint density at radius 3 is 2.77 bits per heavy atom. The highest BCUT2D eigenvalue weighted by molar-refractivity contribution is 5.42. The van der Waals surface area contributed by atoms with Gasteiger partial charge in [-0.1, -0.05) is 30.3 Å². The molecule has 0 aliphatic carbocycles. The van der Waals surface area contributed by atoms with Crippen molar-refractivity contribution < 1.29 is 0 Å². The third-order valence-corrected chi connectivity index (χ3v) is 5.42. The molecule has 0 spiro atoms. The average molecular weight is 353 g/mol. The van der Waals surface area contributed by atoms with Gasteiger partial charge >= 0.3 is 0 Å². The van der Waals surface area contributed by atoms with Gasteiger partial charge < -0.3 is 10.6 Å². The second-order valence-electron chi connectivity index (χ2n) is 7.72. The largest absolute Gasteiger partial charge is 0.343 e. The van der Waals surface area contributed by atoms with E-state index in [0.29, 0.717) is 0 Å². The molecule has 4 nitrogen and oxygen atoms in total. The minimum absolute atomic E-state index is 0.808. The predicted octanol–water partition coefficient (Wildman–Crippen LogP) is 4.56. The maximum Gasteiger partial charge on any atom is 0.152 e. The lowest BCUT2D eigenvalue weighted by atomic mass is 9.93. The number of benzene rings is 1. The predicted molar refractivity (Wildman–Crippen MR) is 110 cm³/mol. The molecule has 26 heavy (non-hydrogen) atoms. The lowest BCUT2D eigenvalue weighted by Gasteiger charge is -2.22. The number of hydrogen-bond acceptors (Lipinski definition) is 3. The first-order valence-electron chi connectivity index (χ1n) is 9.77. The van der Waals surface area contributed by atoms with E-state index in [1.165, 1.54) is 41.6 Å². The summed E-state index contributed by atoms with van der Waals surface area (Å²) in [6, 6.07) is 8.71. The highest BCUT2D eigenvalue weighted by Crippen LogP contribution is 2.21. The van der Waals surface area contributed by atoms with Crippen molar-refractivity contribution in [3.05, 3.63) is 58.9 Å². The van der Waals surface area contributed by atoms with Gasteiger partial charge in [0.25, 0.3) is 0 Å². The molecule has 1 aromatic heterocycles.